The van der Waals surface area contributed by atoms with Gasteiger partial charge in [-0.05, 0) is 33.0 Å². The predicted octanol–water partition coefficient (Wildman–Crippen LogP) is 0.975. The standard InChI is InChI=1S/C16H25N5O2/c1-12-14-10-13(11-18-15(14)21(3)19-12)16(22)17-6-5-7-20(2)8-9-23-4/h10-11H,5-9H2,1-4H3,(H,17,22). The maximum atomic E-state index is 12.2. The number of carbonyl (C=O) groups excluding carboxylic acids is 1. The van der Waals surface area contributed by atoms with Gasteiger partial charge >= 0.3 is 0 Å². The zero-order valence-electron chi connectivity index (χ0n) is 14.3. The Morgan fingerprint density at radius 3 is 2.96 bits per heavy atom. The molecular weight excluding hydrogens is 294 g/mol. The van der Waals surface area contributed by atoms with Gasteiger partial charge in [-0.1, -0.05) is 0 Å². The topological polar surface area (TPSA) is 72.3 Å². The number of nitrogens with zero attached hydrogens (tertiary/aromatic N) is 4. The van der Waals surface area contributed by atoms with Gasteiger partial charge in [0.15, 0.2) is 5.65 Å². The van der Waals surface area contributed by atoms with Crippen molar-refractivity contribution in [3.63, 3.8) is 0 Å². The maximum absolute atomic E-state index is 12.2. The number of ether oxygens (including phenoxy) is 1. The van der Waals surface area contributed by atoms with Crippen molar-refractivity contribution < 1.29 is 9.53 Å². The zero-order valence-corrected chi connectivity index (χ0v) is 14.3. The van der Waals surface area contributed by atoms with E-state index in [1.54, 1.807) is 18.0 Å². The monoisotopic (exact) mass is 319 g/mol. The first-order valence-corrected chi connectivity index (χ1v) is 7.78. The second kappa shape index (κ2) is 8.03. The molecule has 0 aliphatic carbocycles. The van der Waals surface area contributed by atoms with E-state index in [0.29, 0.717) is 12.1 Å². The van der Waals surface area contributed by atoms with Crippen LogP contribution in [0, 0.1) is 6.92 Å². The van der Waals surface area contributed by atoms with Crippen molar-refractivity contribution >= 4 is 16.9 Å². The summed E-state index contributed by atoms with van der Waals surface area (Å²) in [5.41, 5.74) is 2.24. The van der Waals surface area contributed by atoms with Gasteiger partial charge in [-0.2, -0.15) is 5.10 Å². The Morgan fingerprint density at radius 1 is 1.43 bits per heavy atom. The summed E-state index contributed by atoms with van der Waals surface area (Å²) in [7, 11) is 5.59. The van der Waals surface area contributed by atoms with Gasteiger partial charge in [0.1, 0.15) is 0 Å². The molecule has 7 nitrogen and oxygen atoms in total. The van der Waals surface area contributed by atoms with E-state index in [4.69, 9.17) is 4.74 Å². The van der Waals surface area contributed by atoms with Gasteiger partial charge < -0.3 is 15.0 Å². The molecule has 7 heteroatoms. The molecule has 2 aromatic rings. The number of carbonyl (C=O) groups is 1. The summed E-state index contributed by atoms with van der Waals surface area (Å²) in [6.45, 7) is 5.09. The van der Waals surface area contributed by atoms with E-state index in [9.17, 15) is 4.79 Å². The normalized spacial score (nSPS) is 11.3. The van der Waals surface area contributed by atoms with Crippen molar-refractivity contribution in [2.75, 3.05) is 40.4 Å². The van der Waals surface area contributed by atoms with Gasteiger partial charge in [0, 0.05) is 38.8 Å². The smallest absolute Gasteiger partial charge is 0.252 e. The predicted molar refractivity (Wildman–Crippen MR) is 89.6 cm³/mol. The van der Waals surface area contributed by atoms with Crippen LogP contribution in [-0.4, -0.2) is 66.0 Å². The number of aromatic nitrogens is 3. The number of rotatable bonds is 8. The van der Waals surface area contributed by atoms with Crippen molar-refractivity contribution in [2.45, 2.75) is 13.3 Å². The second-order valence-electron chi connectivity index (χ2n) is 5.71. The van der Waals surface area contributed by atoms with Crippen molar-refractivity contribution in [1.29, 1.82) is 0 Å². The quantitative estimate of drug-likeness (QED) is 0.734. The number of hydrogen-bond donors (Lipinski definition) is 1. The Bertz CT molecular complexity index is 668. The number of fused-ring (bicyclic) bond motifs is 1. The largest absolute Gasteiger partial charge is 0.383 e. The fraction of sp³-hybridized carbons (Fsp3) is 0.562. The van der Waals surface area contributed by atoms with E-state index in [-0.39, 0.29) is 5.91 Å². The van der Waals surface area contributed by atoms with Gasteiger partial charge in [0.2, 0.25) is 0 Å². The Balaban J connectivity index is 1.85. The molecule has 23 heavy (non-hydrogen) atoms. The Kier molecular flexibility index (Phi) is 6.06. The summed E-state index contributed by atoms with van der Waals surface area (Å²) in [5.74, 6) is -0.0952. The lowest BCUT2D eigenvalue weighted by molar-refractivity contribution is 0.0951. The van der Waals surface area contributed by atoms with Gasteiger partial charge in [0.05, 0.1) is 17.9 Å². The van der Waals surface area contributed by atoms with Gasteiger partial charge in [0.25, 0.3) is 5.91 Å². The average molecular weight is 319 g/mol. The first-order valence-electron chi connectivity index (χ1n) is 7.78. The minimum Gasteiger partial charge on any atom is -0.383 e. The van der Waals surface area contributed by atoms with Gasteiger partial charge in [-0.15, -0.1) is 0 Å². The minimum atomic E-state index is -0.0952. The molecule has 2 heterocycles. The van der Waals surface area contributed by atoms with Crippen molar-refractivity contribution in [3.05, 3.63) is 23.5 Å². The van der Waals surface area contributed by atoms with Crippen LogP contribution in [0.2, 0.25) is 0 Å². The highest BCUT2D eigenvalue weighted by Gasteiger charge is 2.11. The molecule has 0 unspecified atom stereocenters. The lowest BCUT2D eigenvalue weighted by Crippen LogP contribution is -2.29. The number of aryl methyl sites for hydroxylation is 2. The molecule has 0 radical (unpaired) electrons. The van der Waals surface area contributed by atoms with Gasteiger partial charge in [-0.3, -0.25) is 9.48 Å². The molecule has 126 valence electrons. The Morgan fingerprint density at radius 2 is 2.22 bits per heavy atom. The highest BCUT2D eigenvalue weighted by atomic mass is 16.5. The van der Waals surface area contributed by atoms with Crippen LogP contribution in [0.1, 0.15) is 22.5 Å². The van der Waals surface area contributed by atoms with Crippen molar-refractivity contribution in [3.8, 4) is 0 Å². The first-order chi connectivity index (χ1) is 11.0. The number of methoxy groups -OCH3 is 1. The summed E-state index contributed by atoms with van der Waals surface area (Å²) in [6.07, 6.45) is 2.50. The molecule has 0 fully saturated rings. The van der Waals surface area contributed by atoms with E-state index in [1.165, 1.54) is 0 Å². The number of amides is 1. The molecule has 0 aromatic carbocycles. The molecule has 1 amide bonds. The molecule has 0 atom stereocenters. The molecule has 0 spiro atoms. The number of nitrogens with one attached hydrogen (secondary N) is 1. The van der Waals surface area contributed by atoms with E-state index < -0.39 is 0 Å². The number of likely N-dealkylation sites (N-methyl/N-ethyl adjacent to an activating group) is 1. The van der Waals surface area contributed by atoms with Crippen LogP contribution >= 0.6 is 0 Å². The van der Waals surface area contributed by atoms with Gasteiger partial charge in [-0.25, -0.2) is 4.98 Å². The molecule has 0 aliphatic rings. The van der Waals surface area contributed by atoms with E-state index in [0.717, 1.165) is 42.8 Å². The van der Waals surface area contributed by atoms with E-state index in [1.807, 2.05) is 27.1 Å². The number of pyridine rings is 1. The summed E-state index contributed by atoms with van der Waals surface area (Å²) in [4.78, 5) is 18.7. The molecule has 2 aromatic heterocycles. The minimum absolute atomic E-state index is 0.0952. The van der Waals surface area contributed by atoms with E-state index in [2.05, 4.69) is 20.3 Å². The highest BCUT2D eigenvalue weighted by molar-refractivity contribution is 5.97. The third-order valence-corrected chi connectivity index (χ3v) is 3.80. The first kappa shape index (κ1) is 17.4. The van der Waals surface area contributed by atoms with Crippen LogP contribution in [-0.2, 0) is 11.8 Å². The van der Waals surface area contributed by atoms with Crippen LogP contribution in [0.5, 0.6) is 0 Å². The third-order valence-electron chi connectivity index (χ3n) is 3.80. The van der Waals surface area contributed by atoms with E-state index >= 15 is 0 Å². The number of hydrogen-bond acceptors (Lipinski definition) is 5. The van der Waals surface area contributed by atoms with Crippen molar-refractivity contribution in [2.24, 2.45) is 7.05 Å². The molecule has 2 rings (SSSR count). The fourth-order valence-corrected chi connectivity index (χ4v) is 2.44. The summed E-state index contributed by atoms with van der Waals surface area (Å²) >= 11 is 0. The molecule has 1 N–H and O–H groups in total. The van der Waals surface area contributed by atoms with Crippen LogP contribution in [0.25, 0.3) is 11.0 Å². The SMILES string of the molecule is COCCN(C)CCCNC(=O)c1cnc2c(c1)c(C)nn2C. The summed E-state index contributed by atoms with van der Waals surface area (Å²) in [6, 6.07) is 1.85. The lowest BCUT2D eigenvalue weighted by atomic mass is 10.2. The Hall–Kier alpha value is -1.99. The van der Waals surface area contributed by atoms with Crippen molar-refractivity contribution in [1.82, 2.24) is 25.0 Å². The van der Waals surface area contributed by atoms with Crippen LogP contribution in [0.15, 0.2) is 12.3 Å². The third kappa shape index (κ3) is 4.49. The average Bonchev–Trinajstić information content (AvgIpc) is 2.83. The highest BCUT2D eigenvalue weighted by Crippen LogP contribution is 2.16. The molecule has 0 aliphatic heterocycles. The fourth-order valence-electron chi connectivity index (χ4n) is 2.44. The van der Waals surface area contributed by atoms with Crippen LogP contribution in [0.4, 0.5) is 0 Å². The second-order valence-corrected chi connectivity index (χ2v) is 5.71. The molecule has 0 bridgehead atoms. The lowest BCUT2D eigenvalue weighted by Gasteiger charge is -2.15. The molecule has 0 saturated heterocycles. The molecule has 0 saturated carbocycles. The summed E-state index contributed by atoms with van der Waals surface area (Å²) in [5, 5.41) is 8.17. The van der Waals surface area contributed by atoms with Crippen LogP contribution < -0.4 is 5.32 Å². The Labute approximate surface area is 136 Å². The zero-order chi connectivity index (χ0) is 16.8. The molecular formula is C16H25N5O2. The maximum Gasteiger partial charge on any atom is 0.252 e. The van der Waals surface area contributed by atoms with Crippen LogP contribution in [0.3, 0.4) is 0 Å². The summed E-state index contributed by atoms with van der Waals surface area (Å²) < 4.78 is 6.76.